The number of carbonyl (C=O) groups excluding carboxylic acids is 1. The van der Waals surface area contributed by atoms with E-state index >= 15 is 0 Å². The third-order valence-electron chi connectivity index (χ3n) is 2.60. The molecular formula is C12H14FN5OS. The number of halogens is 1. The van der Waals surface area contributed by atoms with Crippen LogP contribution in [0.4, 0.5) is 10.1 Å². The van der Waals surface area contributed by atoms with Gasteiger partial charge in [0.2, 0.25) is 11.1 Å². The molecule has 1 heterocycles. The van der Waals surface area contributed by atoms with E-state index in [1.807, 2.05) is 0 Å². The van der Waals surface area contributed by atoms with Gasteiger partial charge in [-0.05, 0) is 38.1 Å². The predicted molar refractivity (Wildman–Crippen MR) is 75.3 cm³/mol. The molecule has 106 valence electrons. The van der Waals surface area contributed by atoms with Gasteiger partial charge in [0.1, 0.15) is 11.6 Å². The molecule has 8 heteroatoms. The number of aryl methyl sites for hydroxylation is 1. The first-order valence-electron chi connectivity index (χ1n) is 5.87. The molecule has 20 heavy (non-hydrogen) atoms. The fourth-order valence-electron chi connectivity index (χ4n) is 1.42. The second-order valence-electron chi connectivity index (χ2n) is 4.16. The van der Waals surface area contributed by atoms with Gasteiger partial charge in [0.25, 0.3) is 0 Å². The number of hydrogen-bond donors (Lipinski definition) is 2. The lowest BCUT2D eigenvalue weighted by Gasteiger charge is -2.11. The number of amides is 1. The summed E-state index contributed by atoms with van der Waals surface area (Å²) in [6.45, 7) is 3.45. The molecule has 3 N–H and O–H groups in total. The van der Waals surface area contributed by atoms with Crippen LogP contribution in [0.25, 0.3) is 0 Å². The molecule has 0 radical (unpaired) electrons. The van der Waals surface area contributed by atoms with Gasteiger partial charge in [-0.1, -0.05) is 11.8 Å². The van der Waals surface area contributed by atoms with Gasteiger partial charge in [0.05, 0.1) is 5.25 Å². The van der Waals surface area contributed by atoms with Crippen LogP contribution in [-0.2, 0) is 4.79 Å². The molecule has 0 aliphatic carbocycles. The number of hydrogen-bond acceptors (Lipinski definition) is 5. The summed E-state index contributed by atoms with van der Waals surface area (Å²) < 4.78 is 14.1. The molecular weight excluding hydrogens is 281 g/mol. The minimum atomic E-state index is -0.411. The van der Waals surface area contributed by atoms with E-state index in [1.165, 1.54) is 40.7 Å². The minimum absolute atomic E-state index is 0.220. The Morgan fingerprint density at radius 2 is 2.05 bits per heavy atom. The first-order valence-corrected chi connectivity index (χ1v) is 6.75. The second kappa shape index (κ2) is 5.91. The average molecular weight is 295 g/mol. The van der Waals surface area contributed by atoms with Crippen LogP contribution < -0.4 is 11.2 Å². The average Bonchev–Trinajstić information content (AvgIpc) is 2.73. The molecule has 0 saturated heterocycles. The molecule has 2 aromatic rings. The van der Waals surface area contributed by atoms with Gasteiger partial charge in [-0.15, -0.1) is 10.2 Å². The number of aromatic nitrogens is 3. The standard InChI is InChI=1S/C12H14FN5OS/c1-7(20-12-17-16-8(2)18(12)14)11(19)15-10-5-3-9(13)4-6-10/h3-7H,14H2,1-2H3,(H,15,19). The SMILES string of the molecule is Cc1nnc(SC(C)C(=O)Nc2ccc(F)cc2)n1N. The first-order chi connectivity index (χ1) is 9.47. The summed E-state index contributed by atoms with van der Waals surface area (Å²) >= 11 is 1.20. The molecule has 1 atom stereocenters. The molecule has 6 nitrogen and oxygen atoms in total. The fraction of sp³-hybridized carbons (Fsp3) is 0.250. The molecule has 1 unspecified atom stereocenters. The number of anilines is 1. The van der Waals surface area contributed by atoms with E-state index in [0.717, 1.165) is 0 Å². The van der Waals surface area contributed by atoms with Crippen molar-refractivity contribution in [2.75, 3.05) is 11.2 Å². The van der Waals surface area contributed by atoms with Crippen molar-refractivity contribution < 1.29 is 9.18 Å². The van der Waals surface area contributed by atoms with Crippen LogP contribution in [0, 0.1) is 12.7 Å². The molecule has 0 aliphatic rings. The van der Waals surface area contributed by atoms with Crippen molar-refractivity contribution in [2.45, 2.75) is 24.3 Å². The lowest BCUT2D eigenvalue weighted by atomic mass is 10.3. The van der Waals surface area contributed by atoms with E-state index in [9.17, 15) is 9.18 Å². The third-order valence-corrected chi connectivity index (χ3v) is 3.65. The van der Waals surface area contributed by atoms with Crippen molar-refractivity contribution >= 4 is 23.4 Å². The zero-order valence-electron chi connectivity index (χ0n) is 11.0. The van der Waals surface area contributed by atoms with E-state index in [4.69, 9.17) is 5.84 Å². The summed E-state index contributed by atoms with van der Waals surface area (Å²) in [5.41, 5.74) is 0.536. The van der Waals surface area contributed by atoms with Crippen LogP contribution >= 0.6 is 11.8 Å². The highest BCUT2D eigenvalue weighted by atomic mass is 32.2. The third kappa shape index (κ3) is 3.27. The Morgan fingerprint density at radius 1 is 1.40 bits per heavy atom. The Labute approximate surface area is 119 Å². The van der Waals surface area contributed by atoms with E-state index < -0.39 is 5.25 Å². The summed E-state index contributed by atoms with van der Waals surface area (Å²) in [4.78, 5) is 12.0. The fourth-order valence-corrected chi connectivity index (χ4v) is 2.23. The summed E-state index contributed by atoms with van der Waals surface area (Å²) in [6, 6.07) is 5.57. The molecule has 1 aromatic carbocycles. The van der Waals surface area contributed by atoms with Gasteiger partial charge < -0.3 is 11.2 Å². The van der Waals surface area contributed by atoms with Crippen molar-refractivity contribution in [3.05, 3.63) is 35.9 Å². The highest BCUT2D eigenvalue weighted by Gasteiger charge is 2.18. The number of carbonyl (C=O) groups is 1. The van der Waals surface area contributed by atoms with E-state index in [2.05, 4.69) is 15.5 Å². The summed E-state index contributed by atoms with van der Waals surface area (Å²) in [7, 11) is 0. The minimum Gasteiger partial charge on any atom is -0.336 e. The number of thioether (sulfide) groups is 1. The maximum absolute atomic E-state index is 12.8. The molecule has 1 aromatic heterocycles. The maximum atomic E-state index is 12.8. The van der Waals surface area contributed by atoms with E-state index in [-0.39, 0.29) is 11.7 Å². The van der Waals surface area contributed by atoms with Crippen molar-refractivity contribution in [1.82, 2.24) is 14.9 Å². The molecule has 0 saturated carbocycles. The number of benzene rings is 1. The highest BCUT2D eigenvalue weighted by molar-refractivity contribution is 8.00. The van der Waals surface area contributed by atoms with Crippen LogP contribution in [0.3, 0.4) is 0 Å². The Kier molecular flexibility index (Phi) is 4.23. The Hall–Kier alpha value is -2.09. The van der Waals surface area contributed by atoms with Crippen LogP contribution in [0.5, 0.6) is 0 Å². The number of nitrogens with two attached hydrogens (primary N) is 1. The Balaban J connectivity index is 1.98. The quantitative estimate of drug-likeness (QED) is 0.660. The highest BCUT2D eigenvalue weighted by Crippen LogP contribution is 2.21. The lowest BCUT2D eigenvalue weighted by molar-refractivity contribution is -0.115. The number of nitrogen functional groups attached to an aromatic ring is 1. The first kappa shape index (κ1) is 14.3. The Bertz CT molecular complexity index is 613. The normalized spacial score (nSPS) is 12.2. The lowest BCUT2D eigenvalue weighted by Crippen LogP contribution is -2.23. The van der Waals surface area contributed by atoms with Crippen LogP contribution in [0.1, 0.15) is 12.7 Å². The molecule has 1 amide bonds. The van der Waals surface area contributed by atoms with Crippen molar-refractivity contribution in [2.24, 2.45) is 0 Å². The largest absolute Gasteiger partial charge is 0.336 e. The second-order valence-corrected chi connectivity index (χ2v) is 5.46. The summed E-state index contributed by atoms with van der Waals surface area (Å²) in [5, 5.41) is 10.4. The number of rotatable bonds is 4. The van der Waals surface area contributed by atoms with Crippen molar-refractivity contribution in [1.29, 1.82) is 0 Å². The maximum Gasteiger partial charge on any atom is 0.237 e. The van der Waals surface area contributed by atoms with Crippen LogP contribution in [-0.4, -0.2) is 26.0 Å². The molecule has 0 spiro atoms. The van der Waals surface area contributed by atoms with Crippen LogP contribution in [0.15, 0.2) is 29.4 Å². The number of nitrogens with zero attached hydrogens (tertiary/aromatic N) is 3. The van der Waals surface area contributed by atoms with Crippen LogP contribution in [0.2, 0.25) is 0 Å². The topological polar surface area (TPSA) is 85.8 Å². The predicted octanol–water partition coefficient (Wildman–Crippen LogP) is 1.56. The van der Waals surface area contributed by atoms with E-state index in [0.29, 0.717) is 16.7 Å². The van der Waals surface area contributed by atoms with Gasteiger partial charge >= 0.3 is 0 Å². The summed E-state index contributed by atoms with van der Waals surface area (Å²) in [5.74, 6) is 5.72. The van der Waals surface area contributed by atoms with Crippen molar-refractivity contribution in [3.63, 3.8) is 0 Å². The molecule has 2 rings (SSSR count). The molecule has 0 bridgehead atoms. The zero-order chi connectivity index (χ0) is 14.7. The van der Waals surface area contributed by atoms with Gasteiger partial charge in [-0.25, -0.2) is 9.07 Å². The monoisotopic (exact) mass is 295 g/mol. The van der Waals surface area contributed by atoms with Gasteiger partial charge in [0, 0.05) is 5.69 Å². The molecule has 0 fully saturated rings. The van der Waals surface area contributed by atoms with Crippen molar-refractivity contribution in [3.8, 4) is 0 Å². The zero-order valence-corrected chi connectivity index (χ0v) is 11.8. The van der Waals surface area contributed by atoms with Gasteiger partial charge in [-0.3, -0.25) is 4.79 Å². The van der Waals surface area contributed by atoms with E-state index in [1.54, 1.807) is 13.8 Å². The Morgan fingerprint density at radius 3 is 2.60 bits per heavy atom. The molecule has 0 aliphatic heterocycles. The smallest absolute Gasteiger partial charge is 0.237 e. The van der Waals surface area contributed by atoms with Gasteiger partial charge in [0.15, 0.2) is 0 Å². The number of nitrogens with one attached hydrogen (secondary N) is 1. The summed E-state index contributed by atoms with van der Waals surface area (Å²) in [6.07, 6.45) is 0. The van der Waals surface area contributed by atoms with Gasteiger partial charge in [-0.2, -0.15) is 0 Å².